The van der Waals surface area contributed by atoms with Crippen molar-refractivity contribution in [3.05, 3.63) is 0 Å². The Bertz CT molecular complexity index is 77.9. The quantitative estimate of drug-likeness (QED) is 0.575. The summed E-state index contributed by atoms with van der Waals surface area (Å²) in [4.78, 5) is 2.56. The molecule has 0 aromatic rings. The molecular weight excluding hydrogens is 166 g/mol. The molecule has 0 saturated carbocycles. The van der Waals surface area contributed by atoms with E-state index in [2.05, 4.69) is 31.4 Å². The first kappa shape index (κ1) is 12.3. The van der Waals surface area contributed by atoms with E-state index in [9.17, 15) is 0 Å². The standard InChI is InChI=1S/C10H23NS/c1-3-5-8-11(7-4-2)9-6-10-12/h12H,3-10H2,1-2H3. The SMILES string of the molecule is CCCCN(CCC)CCCS. The third kappa shape index (κ3) is 6.99. The van der Waals surface area contributed by atoms with Crippen LogP contribution < -0.4 is 0 Å². The Kier molecular flexibility index (Phi) is 9.64. The third-order valence-electron chi connectivity index (χ3n) is 2.00. The van der Waals surface area contributed by atoms with Gasteiger partial charge in [-0.25, -0.2) is 0 Å². The van der Waals surface area contributed by atoms with Gasteiger partial charge in [-0.15, -0.1) is 0 Å². The summed E-state index contributed by atoms with van der Waals surface area (Å²) in [5.74, 6) is 1.02. The van der Waals surface area contributed by atoms with Crippen molar-refractivity contribution in [1.82, 2.24) is 4.90 Å². The molecule has 12 heavy (non-hydrogen) atoms. The molecular formula is C10H23NS. The first-order valence-electron chi connectivity index (χ1n) is 5.18. The van der Waals surface area contributed by atoms with Gasteiger partial charge in [0.05, 0.1) is 0 Å². The Labute approximate surface area is 82.9 Å². The number of rotatable bonds is 8. The molecule has 0 amide bonds. The lowest BCUT2D eigenvalue weighted by molar-refractivity contribution is 0.271. The highest BCUT2D eigenvalue weighted by Crippen LogP contribution is 1.98. The second kappa shape index (κ2) is 9.40. The first-order chi connectivity index (χ1) is 5.85. The van der Waals surface area contributed by atoms with Crippen molar-refractivity contribution < 1.29 is 0 Å². The van der Waals surface area contributed by atoms with E-state index in [1.54, 1.807) is 0 Å². The maximum atomic E-state index is 4.23. The molecule has 2 heteroatoms. The zero-order valence-electron chi connectivity index (χ0n) is 8.55. The van der Waals surface area contributed by atoms with Gasteiger partial charge in [-0.2, -0.15) is 12.6 Å². The van der Waals surface area contributed by atoms with E-state index in [4.69, 9.17) is 0 Å². The minimum Gasteiger partial charge on any atom is -0.303 e. The predicted octanol–water partition coefficient (Wildman–Crippen LogP) is 2.82. The lowest BCUT2D eigenvalue weighted by atomic mass is 10.3. The van der Waals surface area contributed by atoms with E-state index in [1.165, 1.54) is 45.3 Å². The highest BCUT2D eigenvalue weighted by Gasteiger charge is 2.00. The Morgan fingerprint density at radius 3 is 2.08 bits per heavy atom. The first-order valence-corrected chi connectivity index (χ1v) is 5.81. The normalized spacial score (nSPS) is 11.0. The number of nitrogens with zero attached hydrogens (tertiary/aromatic N) is 1. The van der Waals surface area contributed by atoms with Crippen LogP contribution in [-0.4, -0.2) is 30.3 Å². The molecule has 0 saturated heterocycles. The summed E-state index contributed by atoms with van der Waals surface area (Å²) in [5.41, 5.74) is 0. The summed E-state index contributed by atoms with van der Waals surface area (Å²) in [5, 5.41) is 0. The summed E-state index contributed by atoms with van der Waals surface area (Å²) in [6.07, 6.45) is 5.15. The van der Waals surface area contributed by atoms with Crippen LogP contribution in [0.4, 0.5) is 0 Å². The smallest absolute Gasteiger partial charge is 0.00110 e. The minimum absolute atomic E-state index is 1.02. The van der Waals surface area contributed by atoms with Gasteiger partial charge in [-0.1, -0.05) is 20.3 Å². The largest absolute Gasteiger partial charge is 0.303 e. The van der Waals surface area contributed by atoms with E-state index < -0.39 is 0 Å². The van der Waals surface area contributed by atoms with Crippen molar-refractivity contribution in [3.63, 3.8) is 0 Å². The van der Waals surface area contributed by atoms with Crippen molar-refractivity contribution in [3.8, 4) is 0 Å². The van der Waals surface area contributed by atoms with Crippen molar-refractivity contribution in [1.29, 1.82) is 0 Å². The average molecular weight is 189 g/mol. The highest BCUT2D eigenvalue weighted by atomic mass is 32.1. The van der Waals surface area contributed by atoms with Gasteiger partial charge in [0, 0.05) is 0 Å². The lowest BCUT2D eigenvalue weighted by Gasteiger charge is -2.20. The molecule has 0 radical (unpaired) electrons. The second-order valence-corrected chi connectivity index (χ2v) is 3.72. The van der Waals surface area contributed by atoms with Gasteiger partial charge in [0.25, 0.3) is 0 Å². The summed E-state index contributed by atoms with van der Waals surface area (Å²) >= 11 is 4.23. The Morgan fingerprint density at radius 1 is 0.917 bits per heavy atom. The average Bonchev–Trinajstić information content (AvgIpc) is 2.10. The molecule has 0 aromatic carbocycles. The third-order valence-corrected chi connectivity index (χ3v) is 2.32. The molecule has 0 aliphatic carbocycles. The molecule has 0 aliphatic rings. The highest BCUT2D eigenvalue weighted by molar-refractivity contribution is 7.80. The van der Waals surface area contributed by atoms with Crippen molar-refractivity contribution >= 4 is 12.6 Å². The Morgan fingerprint density at radius 2 is 1.58 bits per heavy atom. The predicted molar refractivity (Wildman–Crippen MR) is 60.1 cm³/mol. The minimum atomic E-state index is 1.02. The van der Waals surface area contributed by atoms with Crippen molar-refractivity contribution in [2.75, 3.05) is 25.4 Å². The molecule has 0 N–H and O–H groups in total. The molecule has 0 fully saturated rings. The zero-order valence-corrected chi connectivity index (χ0v) is 9.45. The summed E-state index contributed by atoms with van der Waals surface area (Å²) < 4.78 is 0. The van der Waals surface area contributed by atoms with Crippen molar-refractivity contribution in [2.45, 2.75) is 39.5 Å². The summed E-state index contributed by atoms with van der Waals surface area (Å²) in [6.45, 7) is 8.27. The van der Waals surface area contributed by atoms with Crippen LogP contribution in [-0.2, 0) is 0 Å². The Balaban J connectivity index is 3.40. The summed E-state index contributed by atoms with van der Waals surface area (Å²) in [7, 11) is 0. The fraction of sp³-hybridized carbons (Fsp3) is 1.00. The van der Waals surface area contributed by atoms with Crippen LogP contribution in [0.25, 0.3) is 0 Å². The van der Waals surface area contributed by atoms with Gasteiger partial charge in [-0.3, -0.25) is 0 Å². The van der Waals surface area contributed by atoms with E-state index in [0.29, 0.717) is 0 Å². The van der Waals surface area contributed by atoms with Gasteiger partial charge in [0.1, 0.15) is 0 Å². The van der Waals surface area contributed by atoms with Gasteiger partial charge >= 0.3 is 0 Å². The van der Waals surface area contributed by atoms with Crippen LogP contribution in [0.5, 0.6) is 0 Å². The van der Waals surface area contributed by atoms with E-state index >= 15 is 0 Å². The molecule has 0 spiro atoms. The number of hydrogen-bond donors (Lipinski definition) is 1. The second-order valence-electron chi connectivity index (χ2n) is 3.27. The number of unbranched alkanes of at least 4 members (excludes halogenated alkanes) is 1. The molecule has 0 bridgehead atoms. The van der Waals surface area contributed by atoms with E-state index in [-0.39, 0.29) is 0 Å². The molecule has 0 aliphatic heterocycles. The van der Waals surface area contributed by atoms with Crippen LogP contribution in [0.15, 0.2) is 0 Å². The lowest BCUT2D eigenvalue weighted by Crippen LogP contribution is -2.27. The van der Waals surface area contributed by atoms with Crippen LogP contribution in [0.1, 0.15) is 39.5 Å². The fourth-order valence-corrected chi connectivity index (χ4v) is 1.47. The van der Waals surface area contributed by atoms with E-state index in [0.717, 1.165) is 5.75 Å². The van der Waals surface area contributed by atoms with Gasteiger partial charge in [0.2, 0.25) is 0 Å². The van der Waals surface area contributed by atoms with E-state index in [1.807, 2.05) is 0 Å². The van der Waals surface area contributed by atoms with Gasteiger partial charge in [0.15, 0.2) is 0 Å². The molecule has 0 unspecified atom stereocenters. The van der Waals surface area contributed by atoms with Gasteiger partial charge < -0.3 is 4.90 Å². The zero-order chi connectivity index (χ0) is 9.23. The maximum Gasteiger partial charge on any atom is -0.00110 e. The van der Waals surface area contributed by atoms with Crippen LogP contribution in [0.3, 0.4) is 0 Å². The fourth-order valence-electron chi connectivity index (χ4n) is 1.33. The number of hydrogen-bond acceptors (Lipinski definition) is 2. The molecule has 74 valence electrons. The molecule has 0 atom stereocenters. The van der Waals surface area contributed by atoms with Crippen LogP contribution in [0, 0.1) is 0 Å². The van der Waals surface area contributed by atoms with Crippen LogP contribution >= 0.6 is 12.6 Å². The molecule has 0 heterocycles. The molecule has 0 rings (SSSR count). The molecule has 0 aromatic heterocycles. The maximum absolute atomic E-state index is 4.23. The monoisotopic (exact) mass is 189 g/mol. The topological polar surface area (TPSA) is 3.24 Å². The van der Waals surface area contributed by atoms with Crippen molar-refractivity contribution in [2.24, 2.45) is 0 Å². The number of thiol groups is 1. The van der Waals surface area contributed by atoms with Crippen LogP contribution in [0.2, 0.25) is 0 Å². The summed E-state index contributed by atoms with van der Waals surface area (Å²) in [6, 6.07) is 0. The molecule has 1 nitrogen and oxygen atoms in total. The van der Waals surface area contributed by atoms with Gasteiger partial charge in [-0.05, 0) is 44.6 Å². The Hall–Kier alpha value is 0.310.